The van der Waals surface area contributed by atoms with E-state index in [9.17, 15) is 9.59 Å². The number of rotatable bonds is 7. The molecule has 0 bridgehead atoms. The van der Waals surface area contributed by atoms with Crippen LogP contribution < -0.4 is 20.7 Å². The van der Waals surface area contributed by atoms with Gasteiger partial charge in [0.2, 0.25) is 5.91 Å². The van der Waals surface area contributed by atoms with Gasteiger partial charge in [-0.15, -0.1) is 0 Å². The average Bonchev–Trinajstić information content (AvgIpc) is 3.28. The zero-order valence-electron chi connectivity index (χ0n) is 17.2. The predicted molar refractivity (Wildman–Crippen MR) is 121 cm³/mol. The Labute approximate surface area is 181 Å². The molecule has 1 unspecified atom stereocenters. The number of hydrogen-bond donors (Lipinski definition) is 2. The second-order valence-corrected chi connectivity index (χ2v) is 7.66. The third-order valence-electron chi connectivity index (χ3n) is 5.45. The molecular formula is C25H25N3O3. The Morgan fingerprint density at radius 1 is 0.903 bits per heavy atom. The van der Waals surface area contributed by atoms with E-state index in [1.165, 1.54) is 5.69 Å². The fourth-order valence-corrected chi connectivity index (χ4v) is 3.71. The number of para-hydroxylation sites is 1. The highest BCUT2D eigenvalue weighted by molar-refractivity contribution is 5.94. The first-order valence-corrected chi connectivity index (χ1v) is 10.3. The van der Waals surface area contributed by atoms with Gasteiger partial charge in [-0.1, -0.05) is 18.2 Å². The molecule has 3 N–H and O–H groups in total. The summed E-state index contributed by atoms with van der Waals surface area (Å²) in [5.74, 6) is 1.07. The van der Waals surface area contributed by atoms with Gasteiger partial charge in [-0.3, -0.25) is 9.59 Å². The van der Waals surface area contributed by atoms with Crippen molar-refractivity contribution in [3.8, 4) is 11.5 Å². The number of primary amides is 1. The average molecular weight is 415 g/mol. The van der Waals surface area contributed by atoms with E-state index >= 15 is 0 Å². The van der Waals surface area contributed by atoms with Gasteiger partial charge in [0, 0.05) is 36.4 Å². The number of carbonyl (C=O) groups excluding carboxylic acids is 2. The number of nitrogens with zero attached hydrogens (tertiary/aromatic N) is 1. The lowest BCUT2D eigenvalue weighted by Crippen LogP contribution is -2.31. The molecule has 0 radical (unpaired) electrons. The molecule has 3 aromatic carbocycles. The van der Waals surface area contributed by atoms with Crippen LogP contribution in [0.25, 0.3) is 0 Å². The summed E-state index contributed by atoms with van der Waals surface area (Å²) in [6.07, 6.45) is 1.07. The summed E-state index contributed by atoms with van der Waals surface area (Å²) in [6.45, 7) is 2.62. The van der Waals surface area contributed by atoms with Gasteiger partial charge in [-0.25, -0.2) is 0 Å². The normalized spacial score (nSPS) is 15.5. The van der Waals surface area contributed by atoms with Crippen LogP contribution in [0.2, 0.25) is 0 Å². The van der Waals surface area contributed by atoms with E-state index in [0.717, 1.165) is 19.5 Å². The molecule has 1 aliphatic rings. The van der Waals surface area contributed by atoms with Gasteiger partial charge in [0.15, 0.2) is 0 Å². The van der Waals surface area contributed by atoms with E-state index in [1.54, 1.807) is 48.5 Å². The molecule has 158 valence electrons. The van der Waals surface area contributed by atoms with Crippen LogP contribution in [0.15, 0.2) is 78.9 Å². The third-order valence-corrected chi connectivity index (χ3v) is 5.45. The van der Waals surface area contributed by atoms with Crippen LogP contribution in [0.5, 0.6) is 11.5 Å². The Balaban J connectivity index is 1.27. The highest BCUT2D eigenvalue weighted by atomic mass is 16.5. The molecule has 31 heavy (non-hydrogen) atoms. The molecule has 0 aromatic heterocycles. The topological polar surface area (TPSA) is 84.7 Å². The van der Waals surface area contributed by atoms with Crippen LogP contribution in [0.4, 0.5) is 5.69 Å². The molecule has 1 saturated heterocycles. The molecule has 0 saturated carbocycles. The summed E-state index contributed by atoms with van der Waals surface area (Å²) in [7, 11) is 0. The van der Waals surface area contributed by atoms with Crippen molar-refractivity contribution in [2.75, 3.05) is 24.5 Å². The number of amides is 2. The first-order valence-electron chi connectivity index (χ1n) is 10.3. The van der Waals surface area contributed by atoms with Crippen molar-refractivity contribution in [1.82, 2.24) is 5.32 Å². The molecule has 2 amide bonds. The highest BCUT2D eigenvalue weighted by Gasteiger charge is 2.23. The maximum absolute atomic E-state index is 12.5. The molecule has 0 spiro atoms. The third kappa shape index (κ3) is 5.22. The van der Waals surface area contributed by atoms with Crippen LogP contribution in [-0.2, 0) is 0 Å². The molecule has 0 aliphatic carbocycles. The van der Waals surface area contributed by atoms with Gasteiger partial charge < -0.3 is 20.7 Å². The minimum absolute atomic E-state index is 0.0875. The maximum Gasteiger partial charge on any atom is 0.251 e. The summed E-state index contributed by atoms with van der Waals surface area (Å²) in [6, 6.07) is 23.9. The molecule has 6 nitrogen and oxygen atoms in total. The summed E-state index contributed by atoms with van der Waals surface area (Å²) in [5, 5.41) is 3.05. The molecule has 1 atom stereocenters. The van der Waals surface area contributed by atoms with Gasteiger partial charge in [0.05, 0.1) is 0 Å². The first kappa shape index (κ1) is 20.5. The second-order valence-electron chi connectivity index (χ2n) is 7.66. The Morgan fingerprint density at radius 2 is 1.52 bits per heavy atom. The summed E-state index contributed by atoms with van der Waals surface area (Å²) in [5.41, 5.74) is 7.49. The minimum Gasteiger partial charge on any atom is -0.457 e. The lowest BCUT2D eigenvalue weighted by atomic mass is 10.1. The quantitative estimate of drug-likeness (QED) is 0.614. The van der Waals surface area contributed by atoms with E-state index in [1.807, 2.05) is 18.2 Å². The molecule has 3 aromatic rings. The van der Waals surface area contributed by atoms with Crippen LogP contribution in [0.1, 0.15) is 27.1 Å². The summed E-state index contributed by atoms with van der Waals surface area (Å²) in [4.78, 5) is 26.0. The van der Waals surface area contributed by atoms with Crippen LogP contribution in [0.3, 0.4) is 0 Å². The zero-order valence-corrected chi connectivity index (χ0v) is 17.2. The second kappa shape index (κ2) is 9.34. The van der Waals surface area contributed by atoms with Gasteiger partial charge >= 0.3 is 0 Å². The number of hydrogen-bond acceptors (Lipinski definition) is 4. The van der Waals surface area contributed by atoms with E-state index in [0.29, 0.717) is 35.1 Å². The SMILES string of the molecule is NC(=O)c1ccc(Oc2ccc(C(=O)NCC3CCN(c4ccccc4)C3)cc2)cc1. The fourth-order valence-electron chi connectivity index (χ4n) is 3.71. The van der Waals surface area contributed by atoms with Crippen molar-refractivity contribution in [2.45, 2.75) is 6.42 Å². The minimum atomic E-state index is -0.479. The van der Waals surface area contributed by atoms with Crippen molar-refractivity contribution < 1.29 is 14.3 Å². The Kier molecular flexibility index (Phi) is 6.17. The largest absolute Gasteiger partial charge is 0.457 e. The number of nitrogens with two attached hydrogens (primary N) is 1. The van der Waals surface area contributed by atoms with Gasteiger partial charge in [-0.2, -0.15) is 0 Å². The number of benzene rings is 3. The van der Waals surface area contributed by atoms with Crippen molar-refractivity contribution in [2.24, 2.45) is 11.7 Å². The Bertz CT molecular complexity index is 1030. The van der Waals surface area contributed by atoms with Crippen molar-refractivity contribution in [3.05, 3.63) is 90.0 Å². The zero-order chi connectivity index (χ0) is 21.6. The van der Waals surface area contributed by atoms with Crippen molar-refractivity contribution >= 4 is 17.5 Å². The molecule has 1 fully saturated rings. The predicted octanol–water partition coefficient (Wildman–Crippen LogP) is 3.83. The standard InChI is InChI=1S/C25H25N3O3/c26-24(29)19-6-10-22(11-7-19)31-23-12-8-20(9-13-23)25(30)27-16-18-14-15-28(17-18)21-4-2-1-3-5-21/h1-13,18H,14-17H2,(H2,26,29)(H,27,30). The van der Waals surface area contributed by atoms with Gasteiger partial charge in [-0.05, 0) is 73.0 Å². The number of anilines is 1. The van der Waals surface area contributed by atoms with Gasteiger partial charge in [0.1, 0.15) is 11.5 Å². The highest BCUT2D eigenvalue weighted by Crippen LogP contribution is 2.24. The molecule has 6 heteroatoms. The van der Waals surface area contributed by atoms with Crippen LogP contribution in [-0.4, -0.2) is 31.4 Å². The lowest BCUT2D eigenvalue weighted by molar-refractivity contribution is 0.0947. The lowest BCUT2D eigenvalue weighted by Gasteiger charge is -2.18. The molecule has 1 heterocycles. The summed E-state index contributed by atoms with van der Waals surface area (Å²) >= 11 is 0. The maximum atomic E-state index is 12.5. The van der Waals surface area contributed by atoms with Gasteiger partial charge in [0.25, 0.3) is 5.91 Å². The number of carbonyl (C=O) groups is 2. The van der Waals surface area contributed by atoms with E-state index < -0.39 is 5.91 Å². The van der Waals surface area contributed by atoms with E-state index in [2.05, 4.69) is 22.3 Å². The van der Waals surface area contributed by atoms with E-state index in [-0.39, 0.29) is 5.91 Å². The van der Waals surface area contributed by atoms with Crippen molar-refractivity contribution in [3.63, 3.8) is 0 Å². The van der Waals surface area contributed by atoms with Crippen molar-refractivity contribution in [1.29, 1.82) is 0 Å². The smallest absolute Gasteiger partial charge is 0.251 e. The monoisotopic (exact) mass is 415 g/mol. The van der Waals surface area contributed by atoms with Crippen LogP contribution in [0, 0.1) is 5.92 Å². The Hall–Kier alpha value is -3.80. The summed E-state index contributed by atoms with van der Waals surface area (Å²) < 4.78 is 5.75. The number of nitrogens with one attached hydrogen (secondary N) is 1. The Morgan fingerprint density at radius 3 is 2.13 bits per heavy atom. The molecular weight excluding hydrogens is 390 g/mol. The first-order chi connectivity index (χ1) is 15.1. The fraction of sp³-hybridized carbons (Fsp3) is 0.200. The van der Waals surface area contributed by atoms with E-state index in [4.69, 9.17) is 10.5 Å². The van der Waals surface area contributed by atoms with Crippen LogP contribution >= 0.6 is 0 Å². The molecule has 4 rings (SSSR count). The number of ether oxygens (including phenoxy) is 1. The molecule has 1 aliphatic heterocycles.